The highest BCUT2D eigenvalue weighted by atomic mass is 19.1. The number of ketones is 3. The van der Waals surface area contributed by atoms with E-state index in [9.17, 15) is 23.2 Å². The quantitative estimate of drug-likeness (QED) is 0.222. The standard InChI is InChI=1S/C34H23F2NO4/c1-41-24-6-4-5-21(18-24)31(38)30-29(19-9-12-22(35)13-10-19)34(32(39)25-7-2-3-8-26(25)33(34)40)28-16-11-20-17-23(36)14-15-27(20)37(28)30/h2-18,28-30H,1H3/t28-,29-,30-/m0/s1. The zero-order valence-corrected chi connectivity index (χ0v) is 21.9. The average molecular weight is 548 g/mol. The fourth-order valence-electron chi connectivity index (χ4n) is 6.94. The zero-order chi connectivity index (χ0) is 28.5. The minimum atomic E-state index is -1.72. The minimum Gasteiger partial charge on any atom is -0.497 e. The van der Waals surface area contributed by atoms with E-state index in [0.29, 0.717) is 28.1 Å². The fraction of sp³-hybridized carbons (Fsp3) is 0.147. The zero-order valence-electron chi connectivity index (χ0n) is 21.9. The number of hydrogen-bond donors (Lipinski definition) is 0. The molecular weight excluding hydrogens is 524 g/mol. The molecular formula is C34H23F2NO4. The molecule has 7 heteroatoms. The molecule has 1 saturated heterocycles. The lowest BCUT2D eigenvalue weighted by molar-refractivity contribution is 0.0666. The lowest BCUT2D eigenvalue weighted by Gasteiger charge is -2.37. The predicted molar refractivity (Wildman–Crippen MR) is 149 cm³/mol. The van der Waals surface area contributed by atoms with Crippen LogP contribution in [0.25, 0.3) is 6.08 Å². The summed E-state index contributed by atoms with van der Waals surface area (Å²) in [6.07, 6.45) is 3.42. The monoisotopic (exact) mass is 547 g/mol. The summed E-state index contributed by atoms with van der Waals surface area (Å²) in [7, 11) is 1.50. The van der Waals surface area contributed by atoms with Crippen molar-refractivity contribution in [1.29, 1.82) is 0 Å². The maximum Gasteiger partial charge on any atom is 0.186 e. The van der Waals surface area contributed by atoms with Gasteiger partial charge in [0.1, 0.15) is 28.8 Å². The number of nitrogens with zero attached hydrogens (tertiary/aromatic N) is 1. The first-order chi connectivity index (χ1) is 19.9. The number of fused-ring (bicyclic) bond motifs is 5. The van der Waals surface area contributed by atoms with E-state index in [1.165, 1.54) is 43.5 Å². The van der Waals surface area contributed by atoms with E-state index in [1.54, 1.807) is 71.6 Å². The van der Waals surface area contributed by atoms with Crippen LogP contribution in [0.5, 0.6) is 5.75 Å². The van der Waals surface area contributed by atoms with Gasteiger partial charge < -0.3 is 9.64 Å². The second kappa shape index (κ2) is 9.06. The van der Waals surface area contributed by atoms with E-state index < -0.39 is 46.6 Å². The Bertz CT molecular complexity index is 1760. The molecule has 2 aliphatic heterocycles. The Morgan fingerprint density at radius 3 is 2.20 bits per heavy atom. The molecule has 0 bridgehead atoms. The molecule has 0 N–H and O–H groups in total. The van der Waals surface area contributed by atoms with E-state index in [0.717, 1.165) is 0 Å². The SMILES string of the molecule is COc1cccc(C(=O)[C@@H]2[C@H](c3ccc(F)cc3)C3(C(=O)c4ccccc4C3=O)[C@@H]3C=Cc4cc(F)ccc4N23)c1. The van der Waals surface area contributed by atoms with Gasteiger partial charge in [-0.3, -0.25) is 14.4 Å². The van der Waals surface area contributed by atoms with Crippen molar-refractivity contribution in [2.75, 3.05) is 12.0 Å². The summed E-state index contributed by atoms with van der Waals surface area (Å²) in [6, 6.07) is 21.3. The molecule has 4 aromatic carbocycles. The Balaban J connectivity index is 1.54. The van der Waals surface area contributed by atoms with E-state index in [-0.39, 0.29) is 16.9 Å². The van der Waals surface area contributed by atoms with Crippen LogP contribution in [0.15, 0.2) is 97.1 Å². The van der Waals surface area contributed by atoms with Crippen LogP contribution < -0.4 is 9.64 Å². The second-order valence-electron chi connectivity index (χ2n) is 10.6. The van der Waals surface area contributed by atoms with Crippen LogP contribution in [0.3, 0.4) is 0 Å². The molecule has 0 saturated carbocycles. The Morgan fingerprint density at radius 2 is 1.51 bits per heavy atom. The molecule has 2 heterocycles. The van der Waals surface area contributed by atoms with Gasteiger partial charge in [0.25, 0.3) is 0 Å². The Kier molecular flexibility index (Phi) is 5.54. The third-order valence-electron chi connectivity index (χ3n) is 8.62. The number of carbonyl (C=O) groups is 3. The molecule has 1 fully saturated rings. The number of methoxy groups -OCH3 is 1. The van der Waals surface area contributed by atoms with E-state index >= 15 is 0 Å². The van der Waals surface area contributed by atoms with Gasteiger partial charge in [-0.2, -0.15) is 0 Å². The van der Waals surface area contributed by atoms with Crippen LogP contribution in [-0.4, -0.2) is 36.5 Å². The lowest BCUT2D eigenvalue weighted by atomic mass is 9.64. The Hall–Kier alpha value is -4.91. The third kappa shape index (κ3) is 3.41. The van der Waals surface area contributed by atoms with Gasteiger partial charge in [0.2, 0.25) is 0 Å². The van der Waals surface area contributed by atoms with E-state index in [4.69, 9.17) is 4.74 Å². The lowest BCUT2D eigenvalue weighted by Crippen LogP contribution is -2.48. The number of hydrogen-bond acceptors (Lipinski definition) is 5. The number of halogens is 2. The average Bonchev–Trinajstić information content (AvgIpc) is 3.43. The van der Waals surface area contributed by atoms with Crippen LogP contribution >= 0.6 is 0 Å². The molecule has 3 aliphatic rings. The van der Waals surface area contributed by atoms with Gasteiger partial charge >= 0.3 is 0 Å². The second-order valence-corrected chi connectivity index (χ2v) is 10.6. The van der Waals surface area contributed by atoms with Gasteiger partial charge in [-0.1, -0.05) is 60.7 Å². The summed E-state index contributed by atoms with van der Waals surface area (Å²) >= 11 is 0. The molecule has 1 spiro atoms. The Morgan fingerprint density at radius 1 is 0.829 bits per heavy atom. The largest absolute Gasteiger partial charge is 0.497 e. The molecule has 1 aliphatic carbocycles. The number of benzene rings is 4. The number of carbonyl (C=O) groups excluding carboxylic acids is 3. The fourth-order valence-corrected chi connectivity index (χ4v) is 6.94. The molecule has 5 nitrogen and oxygen atoms in total. The molecule has 7 rings (SSSR count). The highest BCUT2D eigenvalue weighted by molar-refractivity contribution is 6.32. The molecule has 3 atom stereocenters. The normalized spacial score (nSPS) is 21.5. The van der Waals surface area contributed by atoms with Gasteiger partial charge in [-0.15, -0.1) is 0 Å². The number of ether oxygens (including phenoxy) is 1. The first kappa shape index (κ1) is 25.1. The summed E-state index contributed by atoms with van der Waals surface area (Å²) in [5.41, 5.74) is 0.716. The molecule has 4 aromatic rings. The van der Waals surface area contributed by atoms with Crippen molar-refractivity contribution in [3.05, 3.63) is 137 Å². The van der Waals surface area contributed by atoms with Crippen LogP contribution in [0.4, 0.5) is 14.5 Å². The maximum atomic E-state index is 14.6. The van der Waals surface area contributed by atoms with Crippen molar-refractivity contribution in [3.8, 4) is 5.75 Å². The van der Waals surface area contributed by atoms with Crippen molar-refractivity contribution < 1.29 is 27.9 Å². The van der Waals surface area contributed by atoms with Gasteiger partial charge in [-0.25, -0.2) is 8.78 Å². The summed E-state index contributed by atoms with van der Waals surface area (Å²) in [5, 5.41) is 0. The number of anilines is 1. The van der Waals surface area contributed by atoms with Crippen LogP contribution in [0.1, 0.15) is 48.1 Å². The highest BCUT2D eigenvalue weighted by Crippen LogP contribution is 2.61. The maximum absolute atomic E-state index is 14.6. The van der Waals surface area contributed by atoms with Crippen LogP contribution in [-0.2, 0) is 0 Å². The van der Waals surface area contributed by atoms with Crippen molar-refractivity contribution in [3.63, 3.8) is 0 Å². The first-order valence-corrected chi connectivity index (χ1v) is 13.2. The summed E-state index contributed by atoms with van der Waals surface area (Å²) in [4.78, 5) is 45.5. The topological polar surface area (TPSA) is 63.7 Å². The number of rotatable bonds is 4. The van der Waals surface area contributed by atoms with Crippen LogP contribution in [0.2, 0.25) is 0 Å². The van der Waals surface area contributed by atoms with E-state index in [2.05, 4.69) is 0 Å². The van der Waals surface area contributed by atoms with Crippen molar-refractivity contribution in [2.45, 2.75) is 18.0 Å². The first-order valence-electron chi connectivity index (χ1n) is 13.2. The van der Waals surface area contributed by atoms with Crippen LogP contribution in [0, 0.1) is 17.0 Å². The number of Topliss-reactive ketones (excluding diaryl/α,β-unsaturated/α-hetero) is 3. The van der Waals surface area contributed by atoms with Crippen molar-refractivity contribution >= 4 is 29.1 Å². The van der Waals surface area contributed by atoms with E-state index in [1.807, 2.05) is 0 Å². The van der Waals surface area contributed by atoms with Gasteiger partial charge in [0.05, 0.1) is 13.2 Å². The van der Waals surface area contributed by atoms with Crippen molar-refractivity contribution in [1.82, 2.24) is 0 Å². The molecule has 0 radical (unpaired) electrons. The summed E-state index contributed by atoms with van der Waals surface area (Å²) in [6.45, 7) is 0. The molecule has 0 aromatic heterocycles. The highest BCUT2D eigenvalue weighted by Gasteiger charge is 2.71. The van der Waals surface area contributed by atoms with Gasteiger partial charge in [-0.05, 0) is 48.0 Å². The summed E-state index contributed by atoms with van der Waals surface area (Å²) < 4.78 is 33.9. The molecule has 41 heavy (non-hydrogen) atoms. The summed E-state index contributed by atoms with van der Waals surface area (Å²) in [5.74, 6) is -2.58. The molecule has 0 unspecified atom stereocenters. The smallest absolute Gasteiger partial charge is 0.186 e. The van der Waals surface area contributed by atoms with Gasteiger partial charge in [0, 0.05) is 33.9 Å². The third-order valence-corrected chi connectivity index (χ3v) is 8.62. The molecule has 202 valence electrons. The van der Waals surface area contributed by atoms with Crippen molar-refractivity contribution in [2.24, 2.45) is 5.41 Å². The molecule has 0 amide bonds. The van der Waals surface area contributed by atoms with Gasteiger partial charge in [0.15, 0.2) is 17.3 Å². The predicted octanol–water partition coefficient (Wildman–Crippen LogP) is 6.29. The Labute approximate surface area is 234 Å². The minimum absolute atomic E-state index is 0.289.